The van der Waals surface area contributed by atoms with Crippen LogP contribution in [0.25, 0.3) is 5.69 Å². The third kappa shape index (κ3) is 4.75. The molecular weight excluding hydrogens is 458 g/mol. The van der Waals surface area contributed by atoms with Crippen LogP contribution in [0, 0.1) is 18.6 Å². The Morgan fingerprint density at radius 3 is 2.51 bits per heavy atom. The number of hydrogen-bond donors (Lipinski definition) is 2. The van der Waals surface area contributed by atoms with E-state index < -0.39 is 17.5 Å². The van der Waals surface area contributed by atoms with Gasteiger partial charge in [0.15, 0.2) is 5.82 Å². The molecule has 3 aromatic rings. The smallest absolute Gasteiger partial charge is 0.255 e. The lowest BCUT2D eigenvalue weighted by Gasteiger charge is -2.29. The summed E-state index contributed by atoms with van der Waals surface area (Å²) in [6.07, 6.45) is 7.69. The van der Waals surface area contributed by atoms with Crippen LogP contribution in [0.1, 0.15) is 71.0 Å². The maximum Gasteiger partial charge on any atom is 0.255 e. The number of ether oxygens (including phenoxy) is 1. The average Bonchev–Trinajstić information content (AvgIpc) is 3.47. The second-order valence-electron chi connectivity index (χ2n) is 9.14. The summed E-state index contributed by atoms with van der Waals surface area (Å²) in [5.74, 6) is -2.05. The first-order valence-electron chi connectivity index (χ1n) is 11.7. The molecule has 1 aromatic carbocycles. The minimum Gasteiger partial charge on any atom is -0.473 e. The highest BCUT2D eigenvalue weighted by Crippen LogP contribution is 2.36. The molecule has 3 N–H and O–H groups in total. The Morgan fingerprint density at radius 1 is 1.11 bits per heavy atom. The van der Waals surface area contributed by atoms with E-state index >= 15 is 0 Å². The third-order valence-corrected chi connectivity index (χ3v) is 6.56. The van der Waals surface area contributed by atoms with E-state index in [1.54, 1.807) is 17.8 Å². The first kappa shape index (κ1) is 23.0. The van der Waals surface area contributed by atoms with Crippen molar-refractivity contribution in [1.29, 1.82) is 0 Å². The number of aromatic nitrogens is 4. The van der Waals surface area contributed by atoms with Crippen molar-refractivity contribution in [2.75, 3.05) is 0 Å². The standard InChI is InChI=1S/C24H26F2N6O3/c1-13-18(11-28-32(13)21-9-2-14(25)10-20(21)26)23(34)29-15-3-7-17(8-4-15)35-24-19(22(27)33)12-31(30-24)16-5-6-16/h2,9-12,15-17H,3-8H2,1H3,(H2,27,33)(H,29,34). The fraction of sp³-hybridized carbons (Fsp3) is 0.417. The van der Waals surface area contributed by atoms with Gasteiger partial charge in [-0.25, -0.2) is 13.5 Å². The molecule has 2 amide bonds. The van der Waals surface area contributed by atoms with Gasteiger partial charge in [0, 0.05) is 18.3 Å². The van der Waals surface area contributed by atoms with Crippen LogP contribution in [0.4, 0.5) is 8.78 Å². The average molecular weight is 485 g/mol. The van der Waals surface area contributed by atoms with E-state index in [0.29, 0.717) is 43.0 Å². The first-order chi connectivity index (χ1) is 16.8. The Hall–Kier alpha value is -3.76. The monoisotopic (exact) mass is 484 g/mol. The Labute approximate surface area is 200 Å². The third-order valence-electron chi connectivity index (χ3n) is 6.56. The van der Waals surface area contributed by atoms with Crippen molar-refractivity contribution in [3.63, 3.8) is 0 Å². The van der Waals surface area contributed by atoms with Crippen molar-refractivity contribution in [2.24, 2.45) is 5.73 Å². The second-order valence-corrected chi connectivity index (χ2v) is 9.14. The van der Waals surface area contributed by atoms with Gasteiger partial charge in [-0.2, -0.15) is 5.10 Å². The van der Waals surface area contributed by atoms with Gasteiger partial charge in [0.05, 0.1) is 23.5 Å². The predicted octanol–water partition coefficient (Wildman–Crippen LogP) is 3.21. The number of benzene rings is 1. The van der Waals surface area contributed by atoms with Crippen molar-refractivity contribution in [3.05, 3.63) is 59.0 Å². The lowest BCUT2D eigenvalue weighted by molar-refractivity contribution is 0.0880. The Bertz CT molecular complexity index is 1270. The molecular formula is C24H26F2N6O3. The number of hydrogen-bond acceptors (Lipinski definition) is 5. The Morgan fingerprint density at radius 2 is 1.86 bits per heavy atom. The van der Waals surface area contributed by atoms with Crippen LogP contribution in [0.3, 0.4) is 0 Å². The topological polar surface area (TPSA) is 117 Å². The zero-order valence-electron chi connectivity index (χ0n) is 19.2. The first-order valence-corrected chi connectivity index (χ1v) is 11.7. The van der Waals surface area contributed by atoms with Crippen LogP contribution >= 0.6 is 0 Å². The van der Waals surface area contributed by atoms with Gasteiger partial charge < -0.3 is 15.8 Å². The quantitative estimate of drug-likeness (QED) is 0.534. The molecule has 9 nitrogen and oxygen atoms in total. The highest BCUT2D eigenvalue weighted by molar-refractivity contribution is 5.95. The number of amides is 2. The van der Waals surface area contributed by atoms with Crippen molar-refractivity contribution in [3.8, 4) is 11.6 Å². The normalized spacial score (nSPS) is 20.0. The molecule has 0 radical (unpaired) electrons. The number of carbonyl (C=O) groups is 2. The molecule has 2 heterocycles. The van der Waals surface area contributed by atoms with Crippen LogP contribution in [-0.2, 0) is 0 Å². The molecule has 5 rings (SSSR count). The summed E-state index contributed by atoms with van der Waals surface area (Å²) in [6.45, 7) is 1.66. The van der Waals surface area contributed by atoms with E-state index in [9.17, 15) is 18.4 Å². The van der Waals surface area contributed by atoms with Gasteiger partial charge in [0.1, 0.15) is 23.2 Å². The van der Waals surface area contributed by atoms with Crippen LogP contribution in [0.2, 0.25) is 0 Å². The fourth-order valence-electron chi connectivity index (χ4n) is 4.43. The van der Waals surface area contributed by atoms with Gasteiger partial charge in [0.2, 0.25) is 5.88 Å². The van der Waals surface area contributed by atoms with E-state index in [0.717, 1.165) is 25.0 Å². The van der Waals surface area contributed by atoms with E-state index in [4.69, 9.17) is 10.5 Å². The largest absolute Gasteiger partial charge is 0.473 e. The van der Waals surface area contributed by atoms with E-state index in [1.165, 1.54) is 16.9 Å². The molecule has 2 aliphatic rings. The summed E-state index contributed by atoms with van der Waals surface area (Å²) >= 11 is 0. The number of nitrogens with zero attached hydrogens (tertiary/aromatic N) is 4. The van der Waals surface area contributed by atoms with Crippen LogP contribution in [0.5, 0.6) is 5.88 Å². The molecule has 0 spiro atoms. The molecule has 2 saturated carbocycles. The number of halogens is 2. The van der Waals surface area contributed by atoms with Crippen molar-refractivity contribution >= 4 is 11.8 Å². The number of carbonyl (C=O) groups excluding carboxylic acids is 2. The Balaban J connectivity index is 1.19. The molecule has 184 valence electrons. The second kappa shape index (κ2) is 9.12. The number of nitrogens with two attached hydrogens (primary N) is 1. The molecule has 0 aliphatic heterocycles. The molecule has 0 atom stereocenters. The maximum atomic E-state index is 14.2. The summed E-state index contributed by atoms with van der Waals surface area (Å²) in [7, 11) is 0. The molecule has 35 heavy (non-hydrogen) atoms. The molecule has 0 saturated heterocycles. The maximum absolute atomic E-state index is 14.2. The minimum absolute atomic E-state index is 0.0627. The summed E-state index contributed by atoms with van der Waals surface area (Å²) in [5.41, 5.74) is 6.62. The van der Waals surface area contributed by atoms with Gasteiger partial charge in [0.25, 0.3) is 11.8 Å². The number of primary amides is 1. The van der Waals surface area contributed by atoms with E-state index in [2.05, 4.69) is 15.5 Å². The number of rotatable bonds is 7. The minimum atomic E-state index is -0.761. The number of nitrogens with one attached hydrogen (secondary N) is 1. The van der Waals surface area contributed by atoms with Gasteiger partial charge in [-0.05, 0) is 57.6 Å². The van der Waals surface area contributed by atoms with E-state index in [1.807, 2.05) is 0 Å². The molecule has 2 aromatic heterocycles. The molecule has 11 heteroatoms. The van der Waals surface area contributed by atoms with Gasteiger partial charge in [-0.15, -0.1) is 5.10 Å². The van der Waals surface area contributed by atoms with Crippen LogP contribution in [0.15, 0.2) is 30.6 Å². The van der Waals surface area contributed by atoms with Crippen molar-refractivity contribution < 1.29 is 23.1 Å². The predicted molar refractivity (Wildman–Crippen MR) is 121 cm³/mol. The van der Waals surface area contributed by atoms with Crippen LogP contribution in [-0.4, -0.2) is 43.5 Å². The molecule has 2 aliphatic carbocycles. The highest BCUT2D eigenvalue weighted by Gasteiger charge is 2.30. The van der Waals surface area contributed by atoms with Crippen LogP contribution < -0.4 is 15.8 Å². The van der Waals surface area contributed by atoms with Gasteiger partial charge in [-0.3, -0.25) is 14.3 Å². The highest BCUT2D eigenvalue weighted by atomic mass is 19.1. The van der Waals surface area contributed by atoms with Gasteiger partial charge in [-0.1, -0.05) is 0 Å². The SMILES string of the molecule is Cc1c(C(=O)NC2CCC(Oc3nn(C4CC4)cc3C(N)=O)CC2)cnn1-c1ccc(F)cc1F. The summed E-state index contributed by atoms with van der Waals surface area (Å²) in [6, 6.07) is 3.45. The van der Waals surface area contributed by atoms with Crippen molar-refractivity contribution in [2.45, 2.75) is 63.6 Å². The molecule has 0 unspecified atom stereocenters. The zero-order chi connectivity index (χ0) is 24.7. The lowest BCUT2D eigenvalue weighted by Crippen LogP contribution is -2.40. The Kier molecular flexibility index (Phi) is 6.00. The lowest BCUT2D eigenvalue weighted by atomic mass is 9.92. The zero-order valence-corrected chi connectivity index (χ0v) is 19.2. The van der Waals surface area contributed by atoms with E-state index in [-0.39, 0.29) is 35.2 Å². The van der Waals surface area contributed by atoms with Gasteiger partial charge >= 0.3 is 0 Å². The van der Waals surface area contributed by atoms with Crippen molar-refractivity contribution in [1.82, 2.24) is 24.9 Å². The summed E-state index contributed by atoms with van der Waals surface area (Å²) in [5, 5.41) is 11.5. The summed E-state index contributed by atoms with van der Waals surface area (Å²) < 4.78 is 36.4. The molecule has 2 fully saturated rings. The molecule has 0 bridgehead atoms. The summed E-state index contributed by atoms with van der Waals surface area (Å²) in [4.78, 5) is 24.6. The fourth-order valence-corrected chi connectivity index (χ4v) is 4.43.